The number of rotatable bonds is 8. The van der Waals surface area contributed by atoms with Gasteiger partial charge in [-0.05, 0) is 54.4 Å². The zero-order chi connectivity index (χ0) is 25.5. The SMILES string of the molecule is COc1ccc(CCN2C(=O)C[C@@H](C(=O)Nc3cccc(Cl)c3)SC2=Nc2ccccc2)cc1OC. The molecular formula is C27H26ClN3O4S. The topological polar surface area (TPSA) is 80.2 Å². The predicted octanol–water partition coefficient (Wildman–Crippen LogP) is 5.56. The van der Waals surface area contributed by atoms with Crippen molar-refractivity contribution >= 4 is 51.7 Å². The van der Waals surface area contributed by atoms with E-state index in [0.29, 0.717) is 46.0 Å². The van der Waals surface area contributed by atoms with Crippen LogP contribution in [0, 0.1) is 0 Å². The lowest BCUT2D eigenvalue weighted by Gasteiger charge is -2.32. The van der Waals surface area contributed by atoms with Crippen molar-refractivity contribution in [2.75, 3.05) is 26.1 Å². The maximum Gasteiger partial charge on any atom is 0.238 e. The van der Waals surface area contributed by atoms with Crippen LogP contribution in [0.5, 0.6) is 11.5 Å². The minimum atomic E-state index is -0.615. The minimum absolute atomic E-state index is 0.0663. The number of benzene rings is 3. The van der Waals surface area contributed by atoms with Crippen LogP contribution >= 0.6 is 23.4 Å². The molecule has 1 atom stereocenters. The molecule has 1 N–H and O–H groups in total. The second-order valence-corrected chi connectivity index (χ2v) is 9.63. The summed E-state index contributed by atoms with van der Waals surface area (Å²) >= 11 is 7.32. The number of hydrogen-bond donors (Lipinski definition) is 1. The fourth-order valence-electron chi connectivity index (χ4n) is 3.74. The molecule has 1 aliphatic rings. The van der Waals surface area contributed by atoms with E-state index in [1.165, 1.54) is 11.8 Å². The van der Waals surface area contributed by atoms with Crippen LogP contribution in [-0.2, 0) is 16.0 Å². The summed E-state index contributed by atoms with van der Waals surface area (Å²) in [5.74, 6) is 0.849. The Morgan fingerprint density at radius 3 is 2.56 bits per heavy atom. The standard InChI is InChI=1S/C27H26ClN3O4S/c1-34-22-12-11-18(15-23(22)35-2)13-14-31-25(32)17-24(26(33)29-21-10-6-7-19(28)16-21)36-27(31)30-20-8-4-3-5-9-20/h3-12,15-16,24H,13-14,17H2,1-2H3,(H,29,33)/t24-/m0/s1. The molecule has 186 valence electrons. The molecular weight excluding hydrogens is 498 g/mol. The van der Waals surface area contributed by atoms with Crippen molar-refractivity contribution in [3.8, 4) is 11.5 Å². The number of anilines is 1. The summed E-state index contributed by atoms with van der Waals surface area (Å²) in [6.07, 6.45) is 0.649. The fourth-order valence-corrected chi connectivity index (χ4v) is 5.06. The molecule has 0 aliphatic carbocycles. The van der Waals surface area contributed by atoms with Crippen LogP contribution in [0.3, 0.4) is 0 Å². The number of carbonyl (C=O) groups is 2. The average molecular weight is 524 g/mol. The lowest BCUT2D eigenvalue weighted by molar-refractivity contribution is -0.129. The van der Waals surface area contributed by atoms with Gasteiger partial charge < -0.3 is 14.8 Å². The fraction of sp³-hybridized carbons (Fsp3) is 0.222. The van der Waals surface area contributed by atoms with Crippen LogP contribution in [0.1, 0.15) is 12.0 Å². The van der Waals surface area contributed by atoms with E-state index in [9.17, 15) is 9.59 Å². The zero-order valence-corrected chi connectivity index (χ0v) is 21.5. The maximum absolute atomic E-state index is 13.2. The molecule has 3 aromatic carbocycles. The second kappa shape index (κ2) is 12.0. The summed E-state index contributed by atoms with van der Waals surface area (Å²) in [5.41, 5.74) is 2.28. The van der Waals surface area contributed by atoms with E-state index in [-0.39, 0.29) is 18.2 Å². The zero-order valence-electron chi connectivity index (χ0n) is 19.9. The Morgan fingerprint density at radius 1 is 1.06 bits per heavy atom. The third-order valence-corrected chi connectivity index (χ3v) is 7.00. The van der Waals surface area contributed by atoms with Crippen molar-refractivity contribution in [3.05, 3.63) is 83.4 Å². The number of aliphatic imine (C=N–C) groups is 1. The third kappa shape index (κ3) is 6.38. The number of thioether (sulfide) groups is 1. The quantitative estimate of drug-likeness (QED) is 0.418. The van der Waals surface area contributed by atoms with Crippen molar-refractivity contribution < 1.29 is 19.1 Å². The molecule has 3 aromatic rings. The molecule has 0 bridgehead atoms. The summed E-state index contributed by atoms with van der Waals surface area (Å²) in [6, 6.07) is 22.0. The summed E-state index contributed by atoms with van der Waals surface area (Å²) in [5, 5.41) is 3.25. The predicted molar refractivity (Wildman–Crippen MR) is 145 cm³/mol. The molecule has 36 heavy (non-hydrogen) atoms. The molecule has 1 aliphatic heterocycles. The second-order valence-electron chi connectivity index (χ2n) is 8.02. The first-order valence-electron chi connectivity index (χ1n) is 11.3. The summed E-state index contributed by atoms with van der Waals surface area (Å²) in [6.45, 7) is 0.412. The van der Waals surface area contributed by atoms with Crippen molar-refractivity contribution in [2.24, 2.45) is 4.99 Å². The van der Waals surface area contributed by atoms with Crippen molar-refractivity contribution in [2.45, 2.75) is 18.1 Å². The van der Waals surface area contributed by atoms with Gasteiger partial charge in [-0.3, -0.25) is 14.5 Å². The molecule has 0 spiro atoms. The van der Waals surface area contributed by atoms with Crippen LogP contribution < -0.4 is 14.8 Å². The van der Waals surface area contributed by atoms with E-state index in [1.54, 1.807) is 43.4 Å². The highest BCUT2D eigenvalue weighted by atomic mass is 35.5. The van der Waals surface area contributed by atoms with Gasteiger partial charge in [-0.15, -0.1) is 0 Å². The molecule has 9 heteroatoms. The molecule has 0 saturated carbocycles. The van der Waals surface area contributed by atoms with Gasteiger partial charge in [0.05, 0.1) is 19.9 Å². The molecule has 1 saturated heterocycles. The Morgan fingerprint density at radius 2 is 1.83 bits per heavy atom. The molecule has 2 amide bonds. The van der Waals surface area contributed by atoms with Gasteiger partial charge in [-0.2, -0.15) is 0 Å². The highest BCUT2D eigenvalue weighted by molar-refractivity contribution is 8.15. The van der Waals surface area contributed by atoms with Crippen molar-refractivity contribution in [3.63, 3.8) is 0 Å². The van der Waals surface area contributed by atoms with Crippen LogP contribution in [0.4, 0.5) is 11.4 Å². The monoisotopic (exact) mass is 523 g/mol. The maximum atomic E-state index is 13.2. The largest absolute Gasteiger partial charge is 0.493 e. The minimum Gasteiger partial charge on any atom is -0.493 e. The van der Waals surface area contributed by atoms with Crippen LogP contribution in [-0.4, -0.2) is 47.9 Å². The smallest absolute Gasteiger partial charge is 0.238 e. The molecule has 0 unspecified atom stereocenters. The molecule has 0 radical (unpaired) electrons. The van der Waals surface area contributed by atoms with E-state index in [1.807, 2.05) is 48.5 Å². The lowest BCUT2D eigenvalue weighted by atomic mass is 10.1. The van der Waals surface area contributed by atoms with E-state index in [4.69, 9.17) is 26.1 Å². The Hall–Kier alpha value is -3.49. The van der Waals surface area contributed by atoms with Crippen LogP contribution in [0.15, 0.2) is 77.8 Å². The Labute approximate surface area is 219 Å². The van der Waals surface area contributed by atoms with E-state index >= 15 is 0 Å². The molecule has 7 nitrogen and oxygen atoms in total. The van der Waals surface area contributed by atoms with E-state index in [0.717, 1.165) is 5.56 Å². The van der Waals surface area contributed by atoms with Gasteiger partial charge in [-0.1, -0.05) is 53.7 Å². The van der Waals surface area contributed by atoms with Crippen molar-refractivity contribution in [1.82, 2.24) is 4.90 Å². The number of halogens is 1. The molecule has 1 heterocycles. The molecule has 4 rings (SSSR count). The Bertz CT molecular complexity index is 1270. The van der Waals surface area contributed by atoms with Gasteiger partial charge in [0.25, 0.3) is 0 Å². The summed E-state index contributed by atoms with van der Waals surface area (Å²) in [7, 11) is 3.18. The first kappa shape index (κ1) is 25.6. The number of nitrogens with one attached hydrogen (secondary N) is 1. The first-order chi connectivity index (χ1) is 17.5. The number of amidine groups is 1. The number of para-hydroxylation sites is 1. The van der Waals surface area contributed by atoms with Gasteiger partial charge in [0, 0.05) is 23.7 Å². The Kier molecular flexibility index (Phi) is 8.51. The van der Waals surface area contributed by atoms with Crippen LogP contribution in [0.2, 0.25) is 5.02 Å². The van der Waals surface area contributed by atoms with Gasteiger partial charge in [0.2, 0.25) is 11.8 Å². The van der Waals surface area contributed by atoms with Gasteiger partial charge in [-0.25, -0.2) is 4.99 Å². The van der Waals surface area contributed by atoms with E-state index in [2.05, 4.69) is 5.32 Å². The number of amides is 2. The van der Waals surface area contributed by atoms with Gasteiger partial charge >= 0.3 is 0 Å². The highest BCUT2D eigenvalue weighted by Gasteiger charge is 2.35. The summed E-state index contributed by atoms with van der Waals surface area (Å²) in [4.78, 5) is 32.6. The molecule has 0 aromatic heterocycles. The number of methoxy groups -OCH3 is 2. The number of hydrogen-bond acceptors (Lipinski definition) is 6. The van der Waals surface area contributed by atoms with Crippen LogP contribution in [0.25, 0.3) is 0 Å². The normalized spacial score (nSPS) is 16.6. The number of nitrogens with zero attached hydrogens (tertiary/aromatic N) is 2. The number of ether oxygens (including phenoxy) is 2. The first-order valence-corrected chi connectivity index (χ1v) is 12.6. The van der Waals surface area contributed by atoms with Crippen molar-refractivity contribution in [1.29, 1.82) is 0 Å². The van der Waals surface area contributed by atoms with Gasteiger partial charge in [0.15, 0.2) is 16.7 Å². The summed E-state index contributed by atoms with van der Waals surface area (Å²) < 4.78 is 10.7. The Balaban J connectivity index is 1.54. The third-order valence-electron chi connectivity index (χ3n) is 5.58. The van der Waals surface area contributed by atoms with E-state index < -0.39 is 5.25 Å². The highest BCUT2D eigenvalue weighted by Crippen LogP contribution is 2.31. The molecule has 1 fully saturated rings. The van der Waals surface area contributed by atoms with Gasteiger partial charge in [0.1, 0.15) is 5.25 Å². The lowest BCUT2D eigenvalue weighted by Crippen LogP contribution is -2.46. The average Bonchev–Trinajstić information content (AvgIpc) is 2.88. The number of carbonyl (C=O) groups excluding carboxylic acids is 2.